The normalized spacial score (nSPS) is 22.2. The number of hydrogen-bond acceptors (Lipinski definition) is 5. The zero-order valence-corrected chi connectivity index (χ0v) is 16.9. The highest BCUT2D eigenvalue weighted by atomic mass is 16.2. The number of aryl methyl sites for hydroxylation is 1. The number of hydrogen-bond donors (Lipinski definition) is 0. The number of pyridine rings is 1. The number of piperidine rings is 2. The fourth-order valence-corrected chi connectivity index (χ4v) is 4.49. The second-order valence-electron chi connectivity index (χ2n) is 8.36. The lowest BCUT2D eigenvalue weighted by Gasteiger charge is -2.48. The Labute approximate surface area is 171 Å². The molecule has 2 fully saturated rings. The van der Waals surface area contributed by atoms with E-state index in [-0.39, 0.29) is 17.2 Å². The largest absolute Gasteiger partial charge is 0.342 e. The van der Waals surface area contributed by atoms with E-state index in [0.29, 0.717) is 25.9 Å². The van der Waals surface area contributed by atoms with Gasteiger partial charge in [0.2, 0.25) is 11.8 Å². The van der Waals surface area contributed by atoms with Crippen molar-refractivity contribution in [3.8, 4) is 0 Å². The van der Waals surface area contributed by atoms with E-state index in [4.69, 9.17) is 0 Å². The standard InChI is InChI=1S/C22H27N5O2/c1-17-11-25-19(13-24-17)14-27-16-22(7-5-20(27)28)6-3-9-26(15-22)21(29)10-18-4-2-8-23-12-18/h2,4,8,11-13H,3,5-7,9-10,14-16H2,1H3/t22-/m1/s1. The minimum Gasteiger partial charge on any atom is -0.342 e. The molecule has 152 valence electrons. The van der Waals surface area contributed by atoms with Crippen LogP contribution in [0, 0.1) is 12.3 Å². The summed E-state index contributed by atoms with van der Waals surface area (Å²) in [4.78, 5) is 42.1. The van der Waals surface area contributed by atoms with Gasteiger partial charge >= 0.3 is 0 Å². The van der Waals surface area contributed by atoms with E-state index in [2.05, 4.69) is 15.0 Å². The predicted molar refractivity (Wildman–Crippen MR) is 108 cm³/mol. The van der Waals surface area contributed by atoms with Crippen molar-refractivity contribution < 1.29 is 9.59 Å². The van der Waals surface area contributed by atoms with Crippen LogP contribution in [0.2, 0.25) is 0 Å². The maximum absolute atomic E-state index is 12.9. The van der Waals surface area contributed by atoms with E-state index in [0.717, 1.165) is 49.3 Å². The van der Waals surface area contributed by atoms with Crippen LogP contribution in [0.25, 0.3) is 0 Å². The second-order valence-corrected chi connectivity index (χ2v) is 8.36. The molecule has 0 aliphatic carbocycles. The zero-order chi connectivity index (χ0) is 20.3. The molecule has 4 rings (SSSR count). The molecule has 0 unspecified atom stereocenters. The number of nitrogens with zero attached hydrogens (tertiary/aromatic N) is 5. The second kappa shape index (κ2) is 8.27. The van der Waals surface area contributed by atoms with E-state index in [1.807, 2.05) is 28.9 Å². The molecule has 0 radical (unpaired) electrons. The van der Waals surface area contributed by atoms with Crippen molar-refractivity contribution in [1.82, 2.24) is 24.8 Å². The smallest absolute Gasteiger partial charge is 0.227 e. The highest BCUT2D eigenvalue weighted by Crippen LogP contribution is 2.39. The van der Waals surface area contributed by atoms with Crippen LogP contribution in [0.3, 0.4) is 0 Å². The number of rotatable bonds is 4. The van der Waals surface area contributed by atoms with Crippen LogP contribution < -0.4 is 0 Å². The first-order chi connectivity index (χ1) is 14.0. The van der Waals surface area contributed by atoms with Gasteiger partial charge in [-0.05, 0) is 37.8 Å². The molecule has 0 N–H and O–H groups in total. The van der Waals surface area contributed by atoms with Crippen molar-refractivity contribution in [3.05, 3.63) is 53.9 Å². The summed E-state index contributed by atoms with van der Waals surface area (Å²) >= 11 is 0. The molecule has 1 spiro atoms. The highest BCUT2D eigenvalue weighted by molar-refractivity contribution is 5.79. The minimum absolute atomic E-state index is 0.0190. The van der Waals surface area contributed by atoms with Gasteiger partial charge in [-0.25, -0.2) is 0 Å². The number of carbonyl (C=O) groups excluding carboxylic acids is 2. The number of amides is 2. The Hall–Kier alpha value is -2.83. The summed E-state index contributed by atoms with van der Waals surface area (Å²) in [5, 5.41) is 0. The van der Waals surface area contributed by atoms with Crippen molar-refractivity contribution in [2.75, 3.05) is 19.6 Å². The van der Waals surface area contributed by atoms with Gasteiger partial charge in [-0.2, -0.15) is 0 Å². The molecule has 2 amide bonds. The molecule has 2 aromatic rings. The molecule has 0 aromatic carbocycles. The molecule has 2 aromatic heterocycles. The van der Waals surface area contributed by atoms with Crippen LogP contribution in [-0.4, -0.2) is 56.2 Å². The third-order valence-corrected chi connectivity index (χ3v) is 6.03. The molecule has 4 heterocycles. The van der Waals surface area contributed by atoms with E-state index < -0.39 is 0 Å². The van der Waals surface area contributed by atoms with E-state index in [9.17, 15) is 9.59 Å². The van der Waals surface area contributed by atoms with Crippen LogP contribution in [0.4, 0.5) is 0 Å². The molecular formula is C22H27N5O2. The van der Waals surface area contributed by atoms with Crippen molar-refractivity contribution in [2.45, 2.75) is 45.6 Å². The Kier molecular flexibility index (Phi) is 5.56. The lowest BCUT2D eigenvalue weighted by molar-refractivity contribution is -0.143. The molecular weight excluding hydrogens is 366 g/mol. The minimum atomic E-state index is -0.0190. The number of likely N-dealkylation sites (tertiary alicyclic amines) is 2. The first-order valence-electron chi connectivity index (χ1n) is 10.3. The Morgan fingerprint density at radius 1 is 1.17 bits per heavy atom. The lowest BCUT2D eigenvalue weighted by Crippen LogP contribution is -2.55. The average Bonchev–Trinajstić information content (AvgIpc) is 2.73. The van der Waals surface area contributed by atoms with Crippen LogP contribution in [0.15, 0.2) is 36.9 Å². The third-order valence-electron chi connectivity index (χ3n) is 6.03. The third kappa shape index (κ3) is 4.60. The first kappa shape index (κ1) is 19.5. The van der Waals surface area contributed by atoms with Crippen molar-refractivity contribution in [1.29, 1.82) is 0 Å². The Bertz CT molecular complexity index is 871. The monoisotopic (exact) mass is 393 g/mol. The summed E-state index contributed by atoms with van der Waals surface area (Å²) in [6.45, 7) is 4.57. The molecule has 2 aliphatic heterocycles. The van der Waals surface area contributed by atoms with E-state index in [1.165, 1.54) is 0 Å². The summed E-state index contributed by atoms with van der Waals surface area (Å²) in [5.41, 5.74) is 2.59. The fourth-order valence-electron chi connectivity index (χ4n) is 4.49. The summed E-state index contributed by atoms with van der Waals surface area (Å²) in [5.74, 6) is 0.307. The fraction of sp³-hybridized carbons (Fsp3) is 0.500. The van der Waals surface area contributed by atoms with Crippen LogP contribution in [-0.2, 0) is 22.6 Å². The Morgan fingerprint density at radius 2 is 2.07 bits per heavy atom. The molecule has 7 nitrogen and oxygen atoms in total. The van der Waals surface area contributed by atoms with Gasteiger partial charge in [0.1, 0.15) is 0 Å². The van der Waals surface area contributed by atoms with Gasteiger partial charge in [0.05, 0.1) is 30.6 Å². The van der Waals surface area contributed by atoms with Gasteiger partial charge in [0, 0.05) is 50.1 Å². The van der Waals surface area contributed by atoms with Gasteiger partial charge in [-0.3, -0.25) is 24.5 Å². The van der Waals surface area contributed by atoms with Crippen molar-refractivity contribution in [2.24, 2.45) is 5.41 Å². The molecule has 0 bridgehead atoms. The zero-order valence-electron chi connectivity index (χ0n) is 16.9. The molecule has 0 saturated carbocycles. The topological polar surface area (TPSA) is 79.3 Å². The van der Waals surface area contributed by atoms with Crippen LogP contribution >= 0.6 is 0 Å². The van der Waals surface area contributed by atoms with Crippen molar-refractivity contribution >= 4 is 11.8 Å². The van der Waals surface area contributed by atoms with Crippen molar-refractivity contribution in [3.63, 3.8) is 0 Å². The quantitative estimate of drug-likeness (QED) is 0.795. The molecule has 1 atom stereocenters. The lowest BCUT2D eigenvalue weighted by atomic mass is 9.73. The summed E-state index contributed by atoms with van der Waals surface area (Å²) < 4.78 is 0. The van der Waals surface area contributed by atoms with Gasteiger partial charge in [0.15, 0.2) is 0 Å². The van der Waals surface area contributed by atoms with E-state index in [1.54, 1.807) is 24.8 Å². The number of aromatic nitrogens is 3. The Morgan fingerprint density at radius 3 is 2.83 bits per heavy atom. The molecule has 29 heavy (non-hydrogen) atoms. The van der Waals surface area contributed by atoms with Crippen LogP contribution in [0.5, 0.6) is 0 Å². The van der Waals surface area contributed by atoms with Crippen LogP contribution in [0.1, 0.15) is 42.6 Å². The maximum Gasteiger partial charge on any atom is 0.227 e. The highest BCUT2D eigenvalue weighted by Gasteiger charge is 2.42. The van der Waals surface area contributed by atoms with Gasteiger partial charge < -0.3 is 9.80 Å². The molecule has 2 saturated heterocycles. The maximum atomic E-state index is 12.9. The number of carbonyl (C=O) groups is 2. The predicted octanol–water partition coefficient (Wildman–Crippen LogP) is 2.15. The van der Waals surface area contributed by atoms with Gasteiger partial charge in [0.25, 0.3) is 0 Å². The summed E-state index contributed by atoms with van der Waals surface area (Å²) in [6, 6.07) is 3.80. The molecule has 7 heteroatoms. The van der Waals surface area contributed by atoms with E-state index >= 15 is 0 Å². The Balaban J connectivity index is 1.43. The average molecular weight is 393 g/mol. The SMILES string of the molecule is Cc1cnc(CN2C[C@]3(CCCN(C(=O)Cc4cccnc4)C3)CCC2=O)cn1. The van der Waals surface area contributed by atoms with Gasteiger partial charge in [-0.15, -0.1) is 0 Å². The van der Waals surface area contributed by atoms with Gasteiger partial charge in [-0.1, -0.05) is 6.07 Å². The molecule has 2 aliphatic rings. The summed E-state index contributed by atoms with van der Waals surface area (Å²) in [6.07, 6.45) is 10.7. The summed E-state index contributed by atoms with van der Waals surface area (Å²) in [7, 11) is 0. The first-order valence-corrected chi connectivity index (χ1v) is 10.3.